The van der Waals surface area contributed by atoms with Crippen molar-refractivity contribution in [2.45, 2.75) is 341 Å². The molecule has 3 N–H and O–H groups in total. The van der Waals surface area contributed by atoms with Crippen molar-refractivity contribution in [2.75, 3.05) is 13.2 Å². The third kappa shape index (κ3) is 53.5. The minimum Gasteiger partial charge on any atom is -0.466 e. The summed E-state index contributed by atoms with van der Waals surface area (Å²) < 4.78 is 5.47. The topological polar surface area (TPSA) is 95.9 Å². The third-order valence-corrected chi connectivity index (χ3v) is 14.0. The monoisotopic (exact) mass is 944 g/mol. The van der Waals surface area contributed by atoms with Crippen LogP contribution < -0.4 is 5.32 Å². The van der Waals surface area contributed by atoms with E-state index in [2.05, 4.69) is 31.3 Å². The SMILES string of the molecule is CCCCCCCCCCCC/C=C/C(O)C(CO)NC(=O)CCCCCCCCCCCC/C=C\CCCCCCCCCCCCCCOC(=O)CCCCCCCCCCCCCC. The lowest BCUT2D eigenvalue weighted by molar-refractivity contribution is -0.143. The minimum absolute atomic E-state index is 0.0146. The van der Waals surface area contributed by atoms with Crippen molar-refractivity contribution in [3.05, 3.63) is 24.3 Å². The molecule has 2 atom stereocenters. The fourth-order valence-corrected chi connectivity index (χ4v) is 9.34. The van der Waals surface area contributed by atoms with Gasteiger partial charge in [0.25, 0.3) is 0 Å². The van der Waals surface area contributed by atoms with Crippen LogP contribution in [0.1, 0.15) is 328 Å². The third-order valence-electron chi connectivity index (χ3n) is 14.0. The Morgan fingerprint density at radius 3 is 1.06 bits per heavy atom. The predicted octanol–water partition coefficient (Wildman–Crippen LogP) is 18.6. The van der Waals surface area contributed by atoms with Gasteiger partial charge in [0.2, 0.25) is 5.91 Å². The molecule has 0 fully saturated rings. The van der Waals surface area contributed by atoms with E-state index < -0.39 is 12.1 Å². The quantitative estimate of drug-likeness (QED) is 0.0321. The number of esters is 1. The first-order chi connectivity index (χ1) is 33.0. The highest BCUT2D eigenvalue weighted by Gasteiger charge is 2.18. The molecule has 0 bridgehead atoms. The Morgan fingerprint density at radius 2 is 0.701 bits per heavy atom. The van der Waals surface area contributed by atoms with Crippen LogP contribution in [0, 0.1) is 0 Å². The van der Waals surface area contributed by atoms with Crippen LogP contribution in [0.15, 0.2) is 24.3 Å². The van der Waals surface area contributed by atoms with Gasteiger partial charge < -0.3 is 20.3 Å². The Balaban J connectivity index is 3.39. The molecule has 0 aliphatic carbocycles. The lowest BCUT2D eigenvalue weighted by Gasteiger charge is -2.20. The van der Waals surface area contributed by atoms with Crippen LogP contribution in [0.25, 0.3) is 0 Å². The number of amides is 1. The van der Waals surface area contributed by atoms with E-state index in [0.717, 1.165) is 38.5 Å². The maximum absolute atomic E-state index is 12.4. The van der Waals surface area contributed by atoms with Crippen LogP contribution >= 0.6 is 0 Å². The predicted molar refractivity (Wildman–Crippen MR) is 292 cm³/mol. The first-order valence-corrected chi connectivity index (χ1v) is 30.1. The molecule has 0 radical (unpaired) electrons. The van der Waals surface area contributed by atoms with Gasteiger partial charge in [0.05, 0.1) is 25.4 Å². The van der Waals surface area contributed by atoms with Gasteiger partial charge >= 0.3 is 5.97 Å². The number of allylic oxidation sites excluding steroid dienone is 3. The maximum Gasteiger partial charge on any atom is 0.305 e. The van der Waals surface area contributed by atoms with Gasteiger partial charge in [0.1, 0.15) is 0 Å². The maximum atomic E-state index is 12.4. The van der Waals surface area contributed by atoms with Crippen molar-refractivity contribution >= 4 is 11.9 Å². The number of unbranched alkanes of at least 4 members (excludes halogenated alkanes) is 43. The number of rotatable bonds is 56. The number of hydrogen-bond donors (Lipinski definition) is 3. The summed E-state index contributed by atoms with van der Waals surface area (Å²) >= 11 is 0. The molecule has 1 amide bonds. The second-order valence-corrected chi connectivity index (χ2v) is 20.7. The molecule has 0 heterocycles. The molecular weight excluding hydrogens is 827 g/mol. The number of nitrogens with one attached hydrogen (secondary N) is 1. The standard InChI is InChI=1S/C61H117NO5/c1-3-5-7-9-11-13-15-33-37-41-45-49-53-59(64)58(57-63)62-60(65)54-50-46-42-38-34-31-29-27-25-23-21-19-17-18-20-22-24-26-28-30-32-36-40-44-48-52-56-67-61(66)55-51-47-43-39-35-16-14-12-10-8-6-4-2/h17,19,49,53,58-59,63-64H,3-16,18,20-48,50-52,54-57H2,1-2H3,(H,62,65)/b19-17-,53-49+. The molecule has 0 saturated carbocycles. The fraction of sp³-hybridized carbons (Fsp3) is 0.902. The first-order valence-electron chi connectivity index (χ1n) is 30.1. The molecule has 2 unspecified atom stereocenters. The van der Waals surface area contributed by atoms with Crippen molar-refractivity contribution in [1.82, 2.24) is 5.32 Å². The van der Waals surface area contributed by atoms with E-state index in [1.165, 1.54) is 263 Å². The van der Waals surface area contributed by atoms with Gasteiger partial charge in [-0.05, 0) is 57.8 Å². The normalized spacial score (nSPS) is 12.7. The number of ether oxygens (including phenoxy) is 1. The number of aliphatic hydroxyl groups excluding tert-OH is 2. The molecule has 0 spiro atoms. The zero-order valence-corrected chi connectivity index (χ0v) is 45.1. The van der Waals surface area contributed by atoms with Gasteiger partial charge in [0, 0.05) is 12.8 Å². The highest BCUT2D eigenvalue weighted by atomic mass is 16.5. The summed E-state index contributed by atoms with van der Waals surface area (Å²) in [7, 11) is 0. The number of aliphatic hydroxyl groups is 2. The number of hydrogen-bond acceptors (Lipinski definition) is 5. The van der Waals surface area contributed by atoms with Crippen molar-refractivity contribution in [2.24, 2.45) is 0 Å². The summed E-state index contributed by atoms with van der Waals surface area (Å²) in [6.07, 6.45) is 69.3. The van der Waals surface area contributed by atoms with E-state index in [0.29, 0.717) is 19.4 Å². The van der Waals surface area contributed by atoms with E-state index in [1.54, 1.807) is 6.08 Å². The van der Waals surface area contributed by atoms with E-state index in [1.807, 2.05) is 6.08 Å². The highest BCUT2D eigenvalue weighted by Crippen LogP contribution is 2.17. The number of carbonyl (C=O) groups excluding carboxylic acids is 2. The van der Waals surface area contributed by atoms with Gasteiger partial charge in [-0.1, -0.05) is 282 Å². The van der Waals surface area contributed by atoms with Gasteiger partial charge in [-0.25, -0.2) is 0 Å². The fourth-order valence-electron chi connectivity index (χ4n) is 9.34. The second kappa shape index (κ2) is 56.9. The summed E-state index contributed by atoms with van der Waals surface area (Å²) in [6, 6.07) is -0.627. The summed E-state index contributed by atoms with van der Waals surface area (Å²) in [6.45, 7) is 4.91. The van der Waals surface area contributed by atoms with Crippen molar-refractivity contribution in [3.63, 3.8) is 0 Å². The zero-order chi connectivity index (χ0) is 48.6. The summed E-state index contributed by atoms with van der Waals surface area (Å²) in [4.78, 5) is 24.4. The largest absolute Gasteiger partial charge is 0.466 e. The molecule has 0 aliphatic heterocycles. The molecule has 0 aromatic heterocycles. The Bertz CT molecular complexity index is 1040. The summed E-state index contributed by atoms with van der Waals surface area (Å²) in [5, 5.41) is 23.0. The van der Waals surface area contributed by atoms with E-state index in [9.17, 15) is 19.8 Å². The molecule has 0 rings (SSSR count). The van der Waals surface area contributed by atoms with Crippen LogP contribution in [0.5, 0.6) is 0 Å². The van der Waals surface area contributed by atoms with Gasteiger partial charge in [0.15, 0.2) is 0 Å². The Morgan fingerprint density at radius 1 is 0.403 bits per heavy atom. The average Bonchev–Trinajstić information content (AvgIpc) is 3.33. The van der Waals surface area contributed by atoms with Crippen molar-refractivity contribution in [3.8, 4) is 0 Å². The zero-order valence-electron chi connectivity index (χ0n) is 45.1. The molecule has 0 aromatic carbocycles. The van der Waals surface area contributed by atoms with E-state index in [4.69, 9.17) is 4.74 Å². The molecule has 0 aromatic rings. The first kappa shape index (κ1) is 65.3. The lowest BCUT2D eigenvalue weighted by Crippen LogP contribution is -2.45. The molecule has 0 aliphatic rings. The Hall–Kier alpha value is -1.66. The smallest absolute Gasteiger partial charge is 0.305 e. The highest BCUT2D eigenvalue weighted by molar-refractivity contribution is 5.76. The van der Waals surface area contributed by atoms with Gasteiger partial charge in [-0.2, -0.15) is 0 Å². The van der Waals surface area contributed by atoms with Crippen molar-refractivity contribution < 1.29 is 24.5 Å². The lowest BCUT2D eigenvalue weighted by atomic mass is 10.0. The van der Waals surface area contributed by atoms with Gasteiger partial charge in [-0.15, -0.1) is 0 Å². The molecule has 396 valence electrons. The van der Waals surface area contributed by atoms with Crippen molar-refractivity contribution in [1.29, 1.82) is 0 Å². The van der Waals surface area contributed by atoms with Crippen LogP contribution in [0.2, 0.25) is 0 Å². The van der Waals surface area contributed by atoms with E-state index >= 15 is 0 Å². The van der Waals surface area contributed by atoms with E-state index in [-0.39, 0.29) is 18.5 Å². The summed E-state index contributed by atoms with van der Waals surface area (Å²) in [5.74, 6) is -0.0551. The number of carbonyl (C=O) groups is 2. The van der Waals surface area contributed by atoms with Crippen LogP contribution in [-0.2, 0) is 14.3 Å². The van der Waals surface area contributed by atoms with Crippen LogP contribution in [0.4, 0.5) is 0 Å². The summed E-state index contributed by atoms with van der Waals surface area (Å²) in [5.41, 5.74) is 0. The molecule has 67 heavy (non-hydrogen) atoms. The van der Waals surface area contributed by atoms with Crippen LogP contribution in [-0.4, -0.2) is 47.4 Å². The van der Waals surface area contributed by atoms with Crippen LogP contribution in [0.3, 0.4) is 0 Å². The van der Waals surface area contributed by atoms with Gasteiger partial charge in [-0.3, -0.25) is 9.59 Å². The second-order valence-electron chi connectivity index (χ2n) is 20.7. The molecule has 0 saturated heterocycles. The minimum atomic E-state index is -0.844. The average molecular weight is 945 g/mol. The Labute approximate surface area is 418 Å². The Kier molecular flexibility index (Phi) is 55.5. The molecule has 6 nitrogen and oxygen atoms in total. The molecule has 6 heteroatoms. The molecular formula is C61H117NO5.